The molecule has 0 fully saturated rings. The molecule has 0 aliphatic carbocycles. The molecular formula is C15H12Cl2N4. The predicted molar refractivity (Wildman–Crippen MR) is 86.8 cm³/mol. The number of aromatic nitrogens is 4. The van der Waals surface area contributed by atoms with Crippen LogP contribution in [0.2, 0.25) is 10.3 Å². The third-order valence-electron chi connectivity index (χ3n) is 3.06. The van der Waals surface area contributed by atoms with Crippen molar-refractivity contribution >= 4 is 45.3 Å². The number of halogens is 2. The smallest absolute Gasteiger partial charge is 0.141 e. The zero-order valence-electron chi connectivity index (χ0n) is 11.2. The zero-order valence-corrected chi connectivity index (χ0v) is 12.7. The van der Waals surface area contributed by atoms with Crippen LogP contribution in [0.15, 0.2) is 48.8 Å². The highest BCUT2D eigenvalue weighted by molar-refractivity contribution is 6.30. The molecule has 0 aliphatic rings. The summed E-state index contributed by atoms with van der Waals surface area (Å²) >= 11 is 11.4. The van der Waals surface area contributed by atoms with Crippen LogP contribution in [-0.4, -0.2) is 19.5 Å². The Balaban J connectivity index is 0.000000126. The largest absolute Gasteiger partial charge is 0.346 e. The second-order valence-electron chi connectivity index (χ2n) is 4.52. The highest BCUT2D eigenvalue weighted by Gasteiger charge is 1.98. The Kier molecular flexibility index (Phi) is 3.82. The van der Waals surface area contributed by atoms with Gasteiger partial charge in [0.1, 0.15) is 21.6 Å². The van der Waals surface area contributed by atoms with Crippen molar-refractivity contribution in [1.82, 2.24) is 19.5 Å². The number of nitrogens with one attached hydrogen (secondary N) is 1. The van der Waals surface area contributed by atoms with Crippen molar-refractivity contribution in [3.8, 4) is 0 Å². The van der Waals surface area contributed by atoms with Crippen molar-refractivity contribution in [2.75, 3.05) is 0 Å². The third-order valence-corrected chi connectivity index (χ3v) is 3.48. The second-order valence-corrected chi connectivity index (χ2v) is 5.30. The number of aromatic amines is 1. The standard InChI is InChI=1S/C8H7ClN2.C7H5ClN2/c1-11-5-4-6-2-3-7(9)10-8(6)11;8-6-2-1-5-3-4-9-7(5)10-6/h2-5H,1H3;1-4H,(H,9,10). The average molecular weight is 319 g/mol. The Hall–Kier alpha value is -2.04. The first-order chi connectivity index (χ1) is 10.1. The summed E-state index contributed by atoms with van der Waals surface area (Å²) in [5.74, 6) is 0. The second kappa shape index (κ2) is 5.76. The molecule has 21 heavy (non-hydrogen) atoms. The lowest BCUT2D eigenvalue weighted by Gasteiger charge is -1.94. The SMILES string of the molecule is Clc1ccc2cc[nH]c2n1.Cn1ccc2ccc(Cl)nc21. The van der Waals surface area contributed by atoms with Gasteiger partial charge in [0.25, 0.3) is 0 Å². The summed E-state index contributed by atoms with van der Waals surface area (Å²) in [4.78, 5) is 11.2. The van der Waals surface area contributed by atoms with Crippen LogP contribution >= 0.6 is 23.2 Å². The van der Waals surface area contributed by atoms with Gasteiger partial charge >= 0.3 is 0 Å². The summed E-state index contributed by atoms with van der Waals surface area (Å²) in [6.07, 6.45) is 3.81. The van der Waals surface area contributed by atoms with E-state index in [0.29, 0.717) is 10.3 Å². The Labute approximate surface area is 131 Å². The van der Waals surface area contributed by atoms with Gasteiger partial charge in [-0.15, -0.1) is 0 Å². The molecule has 0 saturated heterocycles. The molecule has 0 radical (unpaired) electrons. The molecule has 0 spiro atoms. The zero-order chi connectivity index (χ0) is 14.8. The number of hydrogen-bond acceptors (Lipinski definition) is 2. The molecule has 0 saturated carbocycles. The van der Waals surface area contributed by atoms with E-state index >= 15 is 0 Å². The molecule has 0 aliphatic heterocycles. The number of H-pyrrole nitrogens is 1. The Bertz CT molecular complexity index is 895. The number of hydrogen-bond donors (Lipinski definition) is 1. The third kappa shape index (κ3) is 3.01. The molecule has 0 bridgehead atoms. The highest BCUT2D eigenvalue weighted by atomic mass is 35.5. The lowest BCUT2D eigenvalue weighted by atomic mass is 10.3. The van der Waals surface area contributed by atoms with Crippen molar-refractivity contribution in [1.29, 1.82) is 0 Å². The fourth-order valence-electron chi connectivity index (χ4n) is 2.02. The predicted octanol–water partition coefficient (Wildman–Crippen LogP) is 4.44. The van der Waals surface area contributed by atoms with Gasteiger partial charge in [-0.25, -0.2) is 9.97 Å². The van der Waals surface area contributed by atoms with Gasteiger partial charge < -0.3 is 9.55 Å². The van der Waals surface area contributed by atoms with E-state index in [0.717, 1.165) is 22.1 Å². The molecule has 0 atom stereocenters. The van der Waals surface area contributed by atoms with E-state index in [1.807, 2.05) is 48.3 Å². The summed E-state index contributed by atoms with van der Waals surface area (Å²) in [7, 11) is 1.95. The minimum atomic E-state index is 0.523. The first-order valence-corrected chi connectivity index (χ1v) is 7.06. The van der Waals surface area contributed by atoms with Crippen molar-refractivity contribution < 1.29 is 0 Å². The minimum Gasteiger partial charge on any atom is -0.346 e. The van der Waals surface area contributed by atoms with Gasteiger partial charge in [0.15, 0.2) is 0 Å². The Morgan fingerprint density at radius 1 is 0.905 bits per heavy atom. The van der Waals surface area contributed by atoms with Crippen LogP contribution in [0.3, 0.4) is 0 Å². The van der Waals surface area contributed by atoms with E-state index < -0.39 is 0 Å². The van der Waals surface area contributed by atoms with Crippen LogP contribution in [0.1, 0.15) is 0 Å². The maximum Gasteiger partial charge on any atom is 0.141 e. The van der Waals surface area contributed by atoms with Crippen molar-refractivity contribution in [2.24, 2.45) is 7.05 Å². The molecule has 1 N–H and O–H groups in total. The van der Waals surface area contributed by atoms with Crippen LogP contribution < -0.4 is 0 Å². The summed E-state index contributed by atoms with van der Waals surface area (Å²) in [5, 5.41) is 3.27. The Morgan fingerprint density at radius 2 is 1.62 bits per heavy atom. The summed E-state index contributed by atoms with van der Waals surface area (Å²) < 4.78 is 1.95. The van der Waals surface area contributed by atoms with E-state index in [1.165, 1.54) is 0 Å². The lowest BCUT2D eigenvalue weighted by molar-refractivity contribution is 0.949. The summed E-state index contributed by atoms with van der Waals surface area (Å²) in [5.41, 5.74) is 1.77. The minimum absolute atomic E-state index is 0.523. The van der Waals surface area contributed by atoms with E-state index in [4.69, 9.17) is 23.2 Å². The fraction of sp³-hybridized carbons (Fsp3) is 0.0667. The molecule has 4 rings (SSSR count). The first-order valence-electron chi connectivity index (χ1n) is 6.31. The maximum absolute atomic E-state index is 5.72. The summed E-state index contributed by atoms with van der Waals surface area (Å²) in [6, 6.07) is 11.4. The lowest BCUT2D eigenvalue weighted by Crippen LogP contribution is -1.86. The number of pyridine rings is 2. The first kappa shape index (κ1) is 13.9. The number of nitrogens with zero attached hydrogens (tertiary/aromatic N) is 3. The van der Waals surface area contributed by atoms with Gasteiger partial charge in [-0.05, 0) is 36.4 Å². The topological polar surface area (TPSA) is 46.5 Å². The molecule has 0 amide bonds. The van der Waals surface area contributed by atoms with Gasteiger partial charge in [-0.3, -0.25) is 0 Å². The van der Waals surface area contributed by atoms with Crippen molar-refractivity contribution in [3.63, 3.8) is 0 Å². The van der Waals surface area contributed by atoms with Gasteiger partial charge in [0, 0.05) is 30.2 Å². The molecule has 4 heterocycles. The monoisotopic (exact) mass is 318 g/mol. The molecule has 4 aromatic rings. The van der Waals surface area contributed by atoms with Crippen LogP contribution in [0, 0.1) is 0 Å². The Morgan fingerprint density at radius 3 is 2.43 bits per heavy atom. The fourth-order valence-corrected chi connectivity index (χ4v) is 2.31. The van der Waals surface area contributed by atoms with Gasteiger partial charge in [0.2, 0.25) is 0 Å². The average Bonchev–Trinajstić information content (AvgIpc) is 3.06. The van der Waals surface area contributed by atoms with Gasteiger partial charge in [0.05, 0.1) is 0 Å². The van der Waals surface area contributed by atoms with Gasteiger partial charge in [-0.1, -0.05) is 23.2 Å². The van der Waals surface area contributed by atoms with Gasteiger partial charge in [-0.2, -0.15) is 0 Å². The molecular weight excluding hydrogens is 307 g/mol. The van der Waals surface area contributed by atoms with E-state index in [-0.39, 0.29) is 0 Å². The van der Waals surface area contributed by atoms with Crippen molar-refractivity contribution in [3.05, 3.63) is 59.1 Å². The molecule has 4 nitrogen and oxygen atoms in total. The van der Waals surface area contributed by atoms with Crippen LogP contribution in [0.4, 0.5) is 0 Å². The normalized spacial score (nSPS) is 10.6. The number of fused-ring (bicyclic) bond motifs is 2. The van der Waals surface area contributed by atoms with Crippen LogP contribution in [0.5, 0.6) is 0 Å². The quantitative estimate of drug-likeness (QED) is 0.487. The van der Waals surface area contributed by atoms with Crippen LogP contribution in [0.25, 0.3) is 22.1 Å². The molecule has 0 unspecified atom stereocenters. The molecule has 106 valence electrons. The molecule has 6 heteroatoms. The maximum atomic E-state index is 5.72. The van der Waals surface area contributed by atoms with E-state index in [2.05, 4.69) is 15.0 Å². The van der Waals surface area contributed by atoms with E-state index in [9.17, 15) is 0 Å². The number of aryl methyl sites for hydroxylation is 1. The van der Waals surface area contributed by atoms with Crippen LogP contribution in [-0.2, 0) is 7.05 Å². The molecule has 0 aromatic carbocycles. The van der Waals surface area contributed by atoms with E-state index in [1.54, 1.807) is 12.1 Å². The summed E-state index contributed by atoms with van der Waals surface area (Å²) in [6.45, 7) is 0. The highest BCUT2D eigenvalue weighted by Crippen LogP contribution is 2.15. The van der Waals surface area contributed by atoms with Crippen molar-refractivity contribution in [2.45, 2.75) is 0 Å². The number of rotatable bonds is 0. The molecule has 4 aromatic heterocycles.